The van der Waals surface area contributed by atoms with Gasteiger partial charge in [-0.3, -0.25) is 4.79 Å². The van der Waals surface area contributed by atoms with E-state index in [1.54, 1.807) is 12.1 Å². The summed E-state index contributed by atoms with van der Waals surface area (Å²) >= 11 is 0. The third kappa shape index (κ3) is 3.37. The van der Waals surface area contributed by atoms with Crippen LogP contribution in [0.4, 0.5) is 11.4 Å². The van der Waals surface area contributed by atoms with Crippen LogP contribution in [0.5, 0.6) is 0 Å². The van der Waals surface area contributed by atoms with Crippen LogP contribution in [0.15, 0.2) is 18.2 Å². The predicted molar refractivity (Wildman–Crippen MR) is 72.4 cm³/mol. The van der Waals surface area contributed by atoms with Crippen LogP contribution in [-0.4, -0.2) is 26.0 Å². The van der Waals surface area contributed by atoms with E-state index in [2.05, 4.69) is 17.1 Å². The molecule has 0 bridgehead atoms. The molecule has 1 aromatic carbocycles. The minimum absolute atomic E-state index is 0.0568. The summed E-state index contributed by atoms with van der Waals surface area (Å²) in [4.78, 5) is 13.8. The monoisotopic (exact) mass is 235 g/mol. The van der Waals surface area contributed by atoms with E-state index in [0.717, 1.165) is 18.7 Å². The van der Waals surface area contributed by atoms with E-state index in [4.69, 9.17) is 5.73 Å². The van der Waals surface area contributed by atoms with Crippen molar-refractivity contribution in [2.45, 2.75) is 20.3 Å². The van der Waals surface area contributed by atoms with Crippen molar-refractivity contribution in [2.75, 3.05) is 30.8 Å². The summed E-state index contributed by atoms with van der Waals surface area (Å²) in [6.07, 6.45) is 1.04. The third-order valence-electron chi connectivity index (χ3n) is 2.60. The van der Waals surface area contributed by atoms with Crippen LogP contribution in [-0.2, 0) is 0 Å². The zero-order chi connectivity index (χ0) is 12.8. The van der Waals surface area contributed by atoms with Crippen molar-refractivity contribution in [3.05, 3.63) is 23.8 Å². The lowest BCUT2D eigenvalue weighted by molar-refractivity contribution is 0.0956. The molecule has 0 saturated carbocycles. The molecular formula is C13H21N3O. The topological polar surface area (TPSA) is 58.4 Å². The third-order valence-corrected chi connectivity index (χ3v) is 2.60. The van der Waals surface area contributed by atoms with E-state index in [9.17, 15) is 4.79 Å². The molecule has 0 saturated heterocycles. The van der Waals surface area contributed by atoms with Crippen molar-refractivity contribution in [3.63, 3.8) is 0 Å². The summed E-state index contributed by atoms with van der Waals surface area (Å²) in [5.74, 6) is -0.0568. The maximum absolute atomic E-state index is 11.7. The minimum atomic E-state index is -0.0568. The quantitative estimate of drug-likeness (QED) is 0.766. The largest absolute Gasteiger partial charge is 0.397 e. The molecule has 0 aliphatic carbocycles. The average molecular weight is 235 g/mol. The van der Waals surface area contributed by atoms with Gasteiger partial charge in [0.2, 0.25) is 0 Å². The Balaban J connectivity index is 2.97. The Kier molecular flexibility index (Phi) is 4.82. The van der Waals surface area contributed by atoms with Gasteiger partial charge in [0, 0.05) is 25.7 Å². The number of benzene rings is 1. The molecular weight excluding hydrogens is 214 g/mol. The van der Waals surface area contributed by atoms with Gasteiger partial charge in [-0.1, -0.05) is 6.92 Å². The molecule has 0 heterocycles. The van der Waals surface area contributed by atoms with Crippen LogP contribution in [0.1, 0.15) is 30.6 Å². The van der Waals surface area contributed by atoms with Crippen LogP contribution in [0.25, 0.3) is 0 Å². The molecule has 0 atom stereocenters. The molecule has 3 N–H and O–H groups in total. The molecule has 0 spiro atoms. The van der Waals surface area contributed by atoms with Gasteiger partial charge in [-0.15, -0.1) is 0 Å². The number of nitrogens with one attached hydrogen (secondary N) is 1. The molecule has 94 valence electrons. The summed E-state index contributed by atoms with van der Waals surface area (Å²) in [6, 6.07) is 5.38. The lowest BCUT2D eigenvalue weighted by Gasteiger charge is -2.21. The predicted octanol–water partition coefficient (Wildman–Crippen LogP) is 1.86. The van der Waals surface area contributed by atoms with Gasteiger partial charge in [-0.2, -0.15) is 0 Å². The van der Waals surface area contributed by atoms with E-state index < -0.39 is 0 Å². The SMILES string of the molecule is CCCN(C)c1cc(C(=O)NCC)ccc1N. The van der Waals surface area contributed by atoms with Crippen molar-refractivity contribution in [2.24, 2.45) is 0 Å². The molecule has 4 nitrogen and oxygen atoms in total. The summed E-state index contributed by atoms with van der Waals surface area (Å²) < 4.78 is 0. The maximum atomic E-state index is 11.7. The molecule has 17 heavy (non-hydrogen) atoms. The Bertz CT molecular complexity index is 390. The van der Waals surface area contributed by atoms with E-state index in [1.807, 2.05) is 20.0 Å². The lowest BCUT2D eigenvalue weighted by Crippen LogP contribution is -2.24. The minimum Gasteiger partial charge on any atom is -0.397 e. The van der Waals surface area contributed by atoms with E-state index in [1.165, 1.54) is 0 Å². The number of anilines is 2. The Morgan fingerprint density at radius 3 is 2.71 bits per heavy atom. The summed E-state index contributed by atoms with van der Waals surface area (Å²) in [5, 5.41) is 2.78. The summed E-state index contributed by atoms with van der Waals surface area (Å²) in [5.41, 5.74) is 8.19. The number of carbonyl (C=O) groups is 1. The fraction of sp³-hybridized carbons (Fsp3) is 0.462. The van der Waals surface area contributed by atoms with Gasteiger partial charge < -0.3 is 16.0 Å². The highest BCUT2D eigenvalue weighted by molar-refractivity contribution is 5.96. The van der Waals surface area contributed by atoms with Crippen LogP contribution >= 0.6 is 0 Å². The number of hydrogen-bond acceptors (Lipinski definition) is 3. The van der Waals surface area contributed by atoms with Gasteiger partial charge in [0.05, 0.1) is 11.4 Å². The second-order valence-electron chi connectivity index (χ2n) is 4.05. The number of hydrogen-bond donors (Lipinski definition) is 2. The zero-order valence-corrected chi connectivity index (χ0v) is 10.8. The lowest BCUT2D eigenvalue weighted by atomic mass is 10.1. The molecule has 4 heteroatoms. The number of nitrogen functional groups attached to an aromatic ring is 1. The molecule has 0 aliphatic rings. The summed E-state index contributed by atoms with van der Waals surface area (Å²) in [6.45, 7) is 5.56. The average Bonchev–Trinajstić information content (AvgIpc) is 2.30. The first-order chi connectivity index (χ1) is 8.10. The standard InChI is InChI=1S/C13H21N3O/c1-4-8-16(3)12-9-10(6-7-11(12)14)13(17)15-5-2/h6-7,9H,4-5,8,14H2,1-3H3,(H,15,17). The molecule has 1 aromatic rings. The van der Waals surface area contributed by atoms with Gasteiger partial charge in [0.25, 0.3) is 5.91 Å². The summed E-state index contributed by atoms with van der Waals surface area (Å²) in [7, 11) is 1.98. The Hall–Kier alpha value is -1.71. The molecule has 0 radical (unpaired) electrons. The maximum Gasteiger partial charge on any atom is 0.251 e. The number of nitrogens with zero attached hydrogens (tertiary/aromatic N) is 1. The Morgan fingerprint density at radius 1 is 1.41 bits per heavy atom. The van der Waals surface area contributed by atoms with Crippen molar-refractivity contribution in [3.8, 4) is 0 Å². The second kappa shape index (κ2) is 6.13. The van der Waals surface area contributed by atoms with Gasteiger partial charge in [-0.05, 0) is 31.5 Å². The number of amides is 1. The second-order valence-corrected chi connectivity index (χ2v) is 4.05. The number of carbonyl (C=O) groups excluding carboxylic acids is 1. The molecule has 0 fully saturated rings. The van der Waals surface area contributed by atoms with E-state index >= 15 is 0 Å². The van der Waals surface area contributed by atoms with Crippen LogP contribution in [0.2, 0.25) is 0 Å². The zero-order valence-electron chi connectivity index (χ0n) is 10.8. The van der Waals surface area contributed by atoms with Crippen LogP contribution in [0.3, 0.4) is 0 Å². The van der Waals surface area contributed by atoms with Crippen molar-refractivity contribution in [1.82, 2.24) is 5.32 Å². The van der Waals surface area contributed by atoms with Crippen LogP contribution < -0.4 is 16.0 Å². The first-order valence-corrected chi connectivity index (χ1v) is 5.99. The molecule has 1 rings (SSSR count). The van der Waals surface area contributed by atoms with Crippen molar-refractivity contribution in [1.29, 1.82) is 0 Å². The smallest absolute Gasteiger partial charge is 0.251 e. The van der Waals surface area contributed by atoms with E-state index in [-0.39, 0.29) is 5.91 Å². The Labute approximate surface area is 103 Å². The highest BCUT2D eigenvalue weighted by Crippen LogP contribution is 2.23. The molecule has 0 unspecified atom stereocenters. The number of nitrogens with two attached hydrogens (primary N) is 1. The highest BCUT2D eigenvalue weighted by Gasteiger charge is 2.10. The normalized spacial score (nSPS) is 10.1. The van der Waals surface area contributed by atoms with Gasteiger partial charge in [-0.25, -0.2) is 0 Å². The van der Waals surface area contributed by atoms with Gasteiger partial charge in [0.1, 0.15) is 0 Å². The van der Waals surface area contributed by atoms with Gasteiger partial charge in [0.15, 0.2) is 0 Å². The first-order valence-electron chi connectivity index (χ1n) is 5.99. The van der Waals surface area contributed by atoms with Gasteiger partial charge >= 0.3 is 0 Å². The Morgan fingerprint density at radius 2 is 2.12 bits per heavy atom. The van der Waals surface area contributed by atoms with Crippen LogP contribution in [0, 0.1) is 0 Å². The fourth-order valence-corrected chi connectivity index (χ4v) is 1.73. The van der Waals surface area contributed by atoms with Crippen molar-refractivity contribution >= 4 is 17.3 Å². The molecule has 0 aromatic heterocycles. The first kappa shape index (κ1) is 13.4. The molecule has 0 aliphatic heterocycles. The molecule has 1 amide bonds. The van der Waals surface area contributed by atoms with E-state index in [0.29, 0.717) is 17.8 Å². The highest BCUT2D eigenvalue weighted by atomic mass is 16.1. The fourth-order valence-electron chi connectivity index (χ4n) is 1.73. The number of rotatable bonds is 5. The van der Waals surface area contributed by atoms with Crippen molar-refractivity contribution < 1.29 is 4.79 Å².